The van der Waals surface area contributed by atoms with Crippen molar-refractivity contribution in [3.05, 3.63) is 88.8 Å². The number of hydrogen-bond acceptors (Lipinski definition) is 6. The van der Waals surface area contributed by atoms with Crippen molar-refractivity contribution < 1.29 is 27.4 Å². The van der Waals surface area contributed by atoms with Crippen LogP contribution in [0.15, 0.2) is 60.7 Å². The van der Waals surface area contributed by atoms with Gasteiger partial charge in [-0.25, -0.2) is 9.97 Å². The van der Waals surface area contributed by atoms with Crippen LogP contribution in [0.4, 0.5) is 13.2 Å². The van der Waals surface area contributed by atoms with Crippen LogP contribution in [0.3, 0.4) is 0 Å². The van der Waals surface area contributed by atoms with Gasteiger partial charge in [0.25, 0.3) is 11.8 Å². The first-order valence-electron chi connectivity index (χ1n) is 11.6. The number of carbonyl (C=O) groups excluding carboxylic acids is 1. The van der Waals surface area contributed by atoms with Crippen molar-refractivity contribution in [1.29, 1.82) is 0 Å². The Morgan fingerprint density at radius 2 is 1.70 bits per heavy atom. The van der Waals surface area contributed by atoms with Gasteiger partial charge in [0.2, 0.25) is 5.91 Å². The van der Waals surface area contributed by atoms with Crippen LogP contribution in [0.2, 0.25) is 0 Å². The third-order valence-electron chi connectivity index (χ3n) is 6.22. The number of benzene rings is 2. The molecule has 7 nitrogen and oxygen atoms in total. The van der Waals surface area contributed by atoms with E-state index in [1.165, 1.54) is 26.4 Å². The van der Waals surface area contributed by atoms with E-state index in [-0.39, 0.29) is 17.7 Å². The fraction of sp³-hybridized carbons (Fsp3) is 0.296. The van der Waals surface area contributed by atoms with Crippen molar-refractivity contribution in [2.24, 2.45) is 0 Å². The Hall–Kier alpha value is -3.92. The van der Waals surface area contributed by atoms with Crippen molar-refractivity contribution in [2.75, 3.05) is 27.8 Å². The van der Waals surface area contributed by atoms with Crippen LogP contribution in [0.1, 0.15) is 40.2 Å². The number of halogens is 3. The molecule has 1 aliphatic heterocycles. The summed E-state index contributed by atoms with van der Waals surface area (Å²) in [6.45, 7) is 0.478. The van der Waals surface area contributed by atoms with Crippen molar-refractivity contribution >= 4 is 12.0 Å². The molecular formula is C27H27F3N4O3. The summed E-state index contributed by atoms with van der Waals surface area (Å²) in [5.74, 6) is 0.259. The number of amides is 1. The largest absolute Gasteiger partial charge is 0.477 e. The van der Waals surface area contributed by atoms with Gasteiger partial charge >= 0.3 is 6.18 Å². The van der Waals surface area contributed by atoms with E-state index in [4.69, 9.17) is 9.47 Å². The number of likely N-dealkylation sites (N-methyl/N-ethyl adjacent to an activating group) is 1. The van der Waals surface area contributed by atoms with E-state index in [0.717, 1.165) is 17.7 Å². The number of fused-ring (bicyclic) bond motifs is 1. The van der Waals surface area contributed by atoms with Crippen LogP contribution in [-0.2, 0) is 17.4 Å². The number of nitrogens with one attached hydrogen (secondary N) is 1. The van der Waals surface area contributed by atoms with E-state index in [2.05, 4.69) is 15.3 Å². The highest BCUT2D eigenvalue weighted by molar-refractivity contribution is 5.83. The number of alkyl halides is 3. The topological polar surface area (TPSA) is 76.6 Å². The Bertz CT molecular complexity index is 1260. The minimum absolute atomic E-state index is 0.198. The van der Waals surface area contributed by atoms with Gasteiger partial charge in [-0.1, -0.05) is 54.6 Å². The first kappa shape index (κ1) is 26.2. The second kappa shape index (κ2) is 11.0. The molecule has 3 aromatic rings. The Balaban J connectivity index is 1.80. The van der Waals surface area contributed by atoms with Gasteiger partial charge < -0.3 is 14.8 Å². The molecule has 2 atom stereocenters. The van der Waals surface area contributed by atoms with E-state index >= 15 is 0 Å². The molecule has 0 aliphatic carbocycles. The number of carbonyl (C=O) groups is 1. The molecule has 0 bridgehead atoms. The van der Waals surface area contributed by atoms with Crippen molar-refractivity contribution in [3.8, 4) is 11.8 Å². The van der Waals surface area contributed by atoms with Crippen molar-refractivity contribution in [3.63, 3.8) is 0 Å². The van der Waals surface area contributed by atoms with Crippen LogP contribution in [-0.4, -0.2) is 48.6 Å². The second-order valence-corrected chi connectivity index (χ2v) is 8.41. The van der Waals surface area contributed by atoms with E-state index < -0.39 is 23.8 Å². The summed E-state index contributed by atoms with van der Waals surface area (Å²) in [5.41, 5.74) is 1.92. The van der Waals surface area contributed by atoms with Gasteiger partial charge in [-0.2, -0.15) is 13.2 Å². The molecular weight excluding hydrogens is 485 g/mol. The standard InChI is InChI=1S/C27H27F3N4O3/c1-31-24(35)23(18-7-5-4-6-8-18)34-16-15-20-22(33-26(37-3)25(32-20)36-2)21(34)14-11-17-9-12-19(13-10-17)27(28,29)30/h4-14,21,23H,15-16H2,1-3H3,(H,31,35)/b14-11+/t21-,23+/m0/s1. The van der Waals surface area contributed by atoms with Gasteiger partial charge in [-0.05, 0) is 23.3 Å². The van der Waals surface area contributed by atoms with Gasteiger partial charge in [0.1, 0.15) is 6.04 Å². The predicted molar refractivity (Wildman–Crippen MR) is 132 cm³/mol. The van der Waals surface area contributed by atoms with E-state index in [9.17, 15) is 18.0 Å². The summed E-state index contributed by atoms with van der Waals surface area (Å²) < 4.78 is 49.7. The molecule has 1 aliphatic rings. The van der Waals surface area contributed by atoms with E-state index in [0.29, 0.717) is 29.9 Å². The highest BCUT2D eigenvalue weighted by Crippen LogP contribution is 2.39. The minimum atomic E-state index is -4.41. The Labute approximate surface area is 212 Å². The fourth-order valence-corrected chi connectivity index (χ4v) is 4.41. The summed E-state index contributed by atoms with van der Waals surface area (Å²) in [5, 5.41) is 2.75. The van der Waals surface area contributed by atoms with Crippen LogP contribution in [0, 0.1) is 0 Å². The molecule has 0 saturated carbocycles. The predicted octanol–water partition coefficient (Wildman–Crippen LogP) is 4.61. The van der Waals surface area contributed by atoms with Gasteiger partial charge in [-0.3, -0.25) is 9.69 Å². The summed E-state index contributed by atoms with van der Waals surface area (Å²) in [7, 11) is 4.52. The molecule has 10 heteroatoms. The van der Waals surface area contributed by atoms with E-state index in [1.54, 1.807) is 13.1 Å². The number of ether oxygens (including phenoxy) is 2. The maximum atomic E-state index is 13.1. The zero-order valence-electron chi connectivity index (χ0n) is 20.6. The van der Waals surface area contributed by atoms with Crippen LogP contribution >= 0.6 is 0 Å². The fourth-order valence-electron chi connectivity index (χ4n) is 4.41. The molecule has 4 rings (SSSR count). The van der Waals surface area contributed by atoms with Gasteiger partial charge in [0, 0.05) is 20.0 Å². The first-order chi connectivity index (χ1) is 17.8. The summed E-state index contributed by atoms with van der Waals surface area (Å²) in [4.78, 5) is 24.4. The monoisotopic (exact) mass is 512 g/mol. The Morgan fingerprint density at radius 1 is 1.05 bits per heavy atom. The third kappa shape index (κ3) is 5.59. The average Bonchev–Trinajstić information content (AvgIpc) is 2.91. The molecule has 0 fully saturated rings. The maximum absolute atomic E-state index is 13.1. The summed E-state index contributed by atoms with van der Waals surface area (Å²) in [6, 6.07) is 13.1. The quantitative estimate of drug-likeness (QED) is 0.498. The second-order valence-electron chi connectivity index (χ2n) is 8.41. The number of nitrogens with zero attached hydrogens (tertiary/aromatic N) is 3. The highest BCUT2D eigenvalue weighted by Gasteiger charge is 2.38. The molecule has 1 amide bonds. The lowest BCUT2D eigenvalue weighted by atomic mass is 9.94. The molecule has 194 valence electrons. The normalized spacial score (nSPS) is 16.8. The van der Waals surface area contributed by atoms with Crippen LogP contribution in [0.25, 0.3) is 6.08 Å². The van der Waals surface area contributed by atoms with Crippen molar-refractivity contribution in [1.82, 2.24) is 20.2 Å². The number of rotatable bonds is 7. The number of methoxy groups -OCH3 is 2. The Kier molecular flexibility index (Phi) is 7.77. The molecule has 2 heterocycles. The van der Waals surface area contributed by atoms with Crippen LogP contribution < -0.4 is 14.8 Å². The van der Waals surface area contributed by atoms with Gasteiger partial charge in [-0.15, -0.1) is 0 Å². The molecule has 1 N–H and O–H groups in total. The molecule has 0 radical (unpaired) electrons. The lowest BCUT2D eigenvalue weighted by molar-refractivity contribution is -0.137. The van der Waals surface area contributed by atoms with Gasteiger partial charge in [0.15, 0.2) is 0 Å². The smallest absolute Gasteiger partial charge is 0.416 e. The minimum Gasteiger partial charge on any atom is -0.477 e. The third-order valence-corrected chi connectivity index (χ3v) is 6.22. The molecule has 1 aromatic heterocycles. The summed E-state index contributed by atoms with van der Waals surface area (Å²) >= 11 is 0. The first-order valence-corrected chi connectivity index (χ1v) is 11.6. The lowest BCUT2D eigenvalue weighted by Crippen LogP contribution is -2.44. The number of hydrogen-bond donors (Lipinski definition) is 1. The highest BCUT2D eigenvalue weighted by atomic mass is 19.4. The lowest BCUT2D eigenvalue weighted by Gasteiger charge is -2.39. The zero-order valence-corrected chi connectivity index (χ0v) is 20.6. The summed E-state index contributed by atoms with van der Waals surface area (Å²) in [6.07, 6.45) is -0.367. The molecule has 0 unspecified atom stereocenters. The Morgan fingerprint density at radius 3 is 2.30 bits per heavy atom. The maximum Gasteiger partial charge on any atom is 0.416 e. The molecule has 2 aromatic carbocycles. The molecule has 0 spiro atoms. The average molecular weight is 513 g/mol. The molecule has 0 saturated heterocycles. The van der Waals surface area contributed by atoms with E-state index in [1.807, 2.05) is 41.3 Å². The SMILES string of the molecule is CNC(=O)[C@@H](c1ccccc1)N1CCc2nc(OC)c(OC)nc2[C@@H]1/C=C/c1ccc(C(F)(F)F)cc1. The van der Waals surface area contributed by atoms with Gasteiger partial charge in [0.05, 0.1) is 37.2 Å². The molecule has 37 heavy (non-hydrogen) atoms. The van der Waals surface area contributed by atoms with Crippen molar-refractivity contribution in [2.45, 2.75) is 24.7 Å². The zero-order chi connectivity index (χ0) is 26.6. The van der Waals surface area contributed by atoms with Crippen LogP contribution in [0.5, 0.6) is 11.8 Å². The number of aromatic nitrogens is 2.